The molecule has 0 bridgehead atoms. The fourth-order valence-corrected chi connectivity index (χ4v) is 2.44. The summed E-state index contributed by atoms with van der Waals surface area (Å²) in [6, 6.07) is 4.09. The Hall–Kier alpha value is -1.44. The number of aryl methyl sites for hydroxylation is 1. The summed E-state index contributed by atoms with van der Waals surface area (Å²) >= 11 is 1.08. The number of nitrogens with zero attached hydrogens (tertiary/aromatic N) is 1. The highest BCUT2D eigenvalue weighted by Crippen LogP contribution is 2.26. The van der Waals surface area contributed by atoms with Crippen LogP contribution in [-0.4, -0.2) is 32.1 Å². The highest BCUT2D eigenvalue weighted by atomic mass is 32.2. The molecule has 20 heavy (non-hydrogen) atoms. The molecule has 6 nitrogen and oxygen atoms in total. The molecule has 0 aliphatic rings. The van der Waals surface area contributed by atoms with Crippen LogP contribution in [0, 0.1) is 17.0 Å². The van der Waals surface area contributed by atoms with Crippen molar-refractivity contribution in [3.8, 4) is 0 Å². The van der Waals surface area contributed by atoms with Crippen LogP contribution in [0.15, 0.2) is 18.2 Å². The number of carbonyl (C=O) groups is 1. The minimum atomic E-state index is -1.12. The summed E-state index contributed by atoms with van der Waals surface area (Å²) in [5.41, 5.74) is 0.945. The topological polar surface area (TPSA) is 101 Å². The molecule has 7 heteroatoms. The first-order valence-corrected chi connectivity index (χ1v) is 7.06. The van der Waals surface area contributed by atoms with Gasteiger partial charge < -0.3 is 10.2 Å². The minimum Gasteiger partial charge on any atom is -0.390 e. The van der Waals surface area contributed by atoms with Crippen molar-refractivity contribution >= 4 is 22.6 Å². The van der Waals surface area contributed by atoms with Crippen molar-refractivity contribution in [3.05, 3.63) is 39.4 Å². The summed E-state index contributed by atoms with van der Waals surface area (Å²) in [6.45, 7) is 3.08. The molecule has 1 aromatic carbocycles. The highest BCUT2D eigenvalue weighted by molar-refractivity contribution is 8.13. The molecule has 2 atom stereocenters. The third-order valence-electron chi connectivity index (χ3n) is 2.87. The summed E-state index contributed by atoms with van der Waals surface area (Å²) in [5.74, 6) is 0.416. The Morgan fingerprint density at radius 3 is 2.60 bits per heavy atom. The highest BCUT2D eigenvalue weighted by Gasteiger charge is 2.21. The molecular formula is C13H17NO5S. The van der Waals surface area contributed by atoms with Gasteiger partial charge in [0.15, 0.2) is 5.12 Å². The quantitative estimate of drug-likeness (QED) is 0.615. The zero-order chi connectivity index (χ0) is 15.3. The molecule has 0 saturated carbocycles. The van der Waals surface area contributed by atoms with E-state index in [1.807, 2.05) is 0 Å². The number of aliphatic hydroxyl groups is 2. The zero-order valence-corrected chi connectivity index (χ0v) is 12.1. The lowest BCUT2D eigenvalue weighted by Crippen LogP contribution is -2.20. The number of nitro benzene ring substituents is 1. The number of benzene rings is 1. The molecular weight excluding hydrogens is 282 g/mol. The van der Waals surface area contributed by atoms with Gasteiger partial charge >= 0.3 is 0 Å². The molecule has 2 N–H and O–H groups in total. The normalized spacial score (nSPS) is 13.8. The standard InChI is InChI=1S/C13H17NO5S/c1-8-7-10(14(18)19)3-4-11(8)13(17)12(16)5-6-20-9(2)15/h3-4,7,12-13,16-17H,5-6H2,1-2H3. The van der Waals surface area contributed by atoms with Gasteiger partial charge in [-0.1, -0.05) is 11.8 Å². The predicted octanol–water partition coefficient (Wildman–Crippen LogP) is 1.97. The predicted molar refractivity (Wildman–Crippen MR) is 76.6 cm³/mol. The zero-order valence-electron chi connectivity index (χ0n) is 11.3. The Kier molecular flexibility index (Phi) is 6.12. The Balaban J connectivity index is 2.73. The van der Waals surface area contributed by atoms with Gasteiger partial charge in [0.1, 0.15) is 6.10 Å². The third-order valence-corrected chi connectivity index (χ3v) is 3.71. The molecule has 0 aromatic heterocycles. The molecule has 110 valence electrons. The molecule has 1 rings (SSSR count). The van der Waals surface area contributed by atoms with Crippen molar-refractivity contribution in [1.29, 1.82) is 0 Å². The van der Waals surface area contributed by atoms with Crippen LogP contribution >= 0.6 is 11.8 Å². The molecule has 0 fully saturated rings. The number of hydrogen-bond donors (Lipinski definition) is 2. The number of carbonyl (C=O) groups excluding carboxylic acids is 1. The van der Waals surface area contributed by atoms with Gasteiger partial charge in [-0.15, -0.1) is 0 Å². The number of non-ortho nitro benzene ring substituents is 1. The first-order chi connectivity index (χ1) is 9.32. The number of nitro groups is 1. The van der Waals surface area contributed by atoms with Crippen LogP contribution in [0.25, 0.3) is 0 Å². The average Bonchev–Trinajstić information content (AvgIpc) is 2.37. The Labute approximate surface area is 121 Å². The lowest BCUT2D eigenvalue weighted by atomic mass is 9.98. The second-order valence-electron chi connectivity index (χ2n) is 4.44. The van der Waals surface area contributed by atoms with Crippen LogP contribution in [0.3, 0.4) is 0 Å². The van der Waals surface area contributed by atoms with Crippen LogP contribution < -0.4 is 0 Å². The molecule has 0 radical (unpaired) electrons. The summed E-state index contributed by atoms with van der Waals surface area (Å²) in [4.78, 5) is 20.9. The van der Waals surface area contributed by atoms with E-state index in [9.17, 15) is 25.1 Å². The smallest absolute Gasteiger partial charge is 0.269 e. The number of rotatable bonds is 6. The number of aliphatic hydroxyl groups excluding tert-OH is 2. The summed E-state index contributed by atoms with van der Waals surface area (Å²) in [6.07, 6.45) is -1.87. The third kappa shape index (κ3) is 4.59. The maximum absolute atomic E-state index is 10.8. The van der Waals surface area contributed by atoms with Crippen molar-refractivity contribution in [2.75, 3.05) is 5.75 Å². The summed E-state index contributed by atoms with van der Waals surface area (Å²) in [7, 11) is 0. The van der Waals surface area contributed by atoms with Gasteiger partial charge in [-0.3, -0.25) is 14.9 Å². The van der Waals surface area contributed by atoms with Gasteiger partial charge in [-0.25, -0.2) is 0 Å². The molecule has 0 amide bonds. The Morgan fingerprint density at radius 1 is 1.45 bits per heavy atom. The first kappa shape index (κ1) is 16.6. The largest absolute Gasteiger partial charge is 0.390 e. The van der Waals surface area contributed by atoms with Gasteiger partial charge in [0.05, 0.1) is 11.0 Å². The number of hydrogen-bond acceptors (Lipinski definition) is 6. The molecule has 1 aromatic rings. The van der Waals surface area contributed by atoms with E-state index in [4.69, 9.17) is 0 Å². The fourth-order valence-electron chi connectivity index (χ4n) is 1.79. The second kappa shape index (κ2) is 7.37. The molecule has 0 aliphatic carbocycles. The molecule has 2 unspecified atom stereocenters. The maximum Gasteiger partial charge on any atom is 0.269 e. The van der Waals surface area contributed by atoms with Crippen molar-refractivity contribution in [2.45, 2.75) is 32.5 Å². The van der Waals surface area contributed by atoms with E-state index in [1.165, 1.54) is 25.1 Å². The lowest BCUT2D eigenvalue weighted by Gasteiger charge is -2.19. The van der Waals surface area contributed by atoms with Crippen molar-refractivity contribution in [3.63, 3.8) is 0 Å². The lowest BCUT2D eigenvalue weighted by molar-refractivity contribution is -0.384. The number of thioether (sulfide) groups is 1. The van der Waals surface area contributed by atoms with E-state index in [2.05, 4.69) is 0 Å². The second-order valence-corrected chi connectivity index (χ2v) is 5.71. The van der Waals surface area contributed by atoms with Crippen LogP contribution in [0.4, 0.5) is 5.69 Å². The van der Waals surface area contributed by atoms with E-state index in [0.29, 0.717) is 16.9 Å². The summed E-state index contributed by atoms with van der Waals surface area (Å²) < 4.78 is 0. The van der Waals surface area contributed by atoms with E-state index in [1.54, 1.807) is 6.92 Å². The van der Waals surface area contributed by atoms with Gasteiger partial charge in [0.2, 0.25) is 0 Å². The SMILES string of the molecule is CC(=O)SCCC(O)C(O)c1ccc([N+](=O)[O-])cc1C. The van der Waals surface area contributed by atoms with E-state index in [-0.39, 0.29) is 17.2 Å². The van der Waals surface area contributed by atoms with Gasteiger partial charge in [0, 0.05) is 24.8 Å². The van der Waals surface area contributed by atoms with Crippen LogP contribution in [0.1, 0.15) is 30.6 Å². The van der Waals surface area contributed by atoms with Gasteiger partial charge in [0.25, 0.3) is 5.69 Å². The minimum absolute atomic E-state index is 0.0433. The molecule has 0 aliphatic heterocycles. The van der Waals surface area contributed by atoms with Crippen LogP contribution in [0.2, 0.25) is 0 Å². The van der Waals surface area contributed by atoms with Gasteiger partial charge in [-0.05, 0) is 30.5 Å². The van der Waals surface area contributed by atoms with Crippen LogP contribution in [-0.2, 0) is 4.79 Å². The van der Waals surface area contributed by atoms with E-state index in [0.717, 1.165) is 11.8 Å². The fraction of sp³-hybridized carbons (Fsp3) is 0.462. The molecule has 0 saturated heterocycles. The Bertz CT molecular complexity index is 506. The summed E-state index contributed by atoms with van der Waals surface area (Å²) in [5, 5.41) is 30.5. The van der Waals surface area contributed by atoms with Crippen molar-refractivity contribution in [1.82, 2.24) is 0 Å². The Morgan fingerprint density at radius 2 is 2.10 bits per heavy atom. The maximum atomic E-state index is 10.8. The average molecular weight is 299 g/mol. The van der Waals surface area contributed by atoms with Gasteiger partial charge in [-0.2, -0.15) is 0 Å². The monoisotopic (exact) mass is 299 g/mol. The van der Waals surface area contributed by atoms with Crippen molar-refractivity contribution in [2.24, 2.45) is 0 Å². The first-order valence-electron chi connectivity index (χ1n) is 6.07. The van der Waals surface area contributed by atoms with Crippen molar-refractivity contribution < 1.29 is 19.9 Å². The molecule has 0 spiro atoms. The van der Waals surface area contributed by atoms with E-state index < -0.39 is 17.1 Å². The van der Waals surface area contributed by atoms with Crippen LogP contribution in [0.5, 0.6) is 0 Å². The van der Waals surface area contributed by atoms with E-state index >= 15 is 0 Å². The molecule has 0 heterocycles.